The normalized spacial score (nSPS) is 9.69. The first-order chi connectivity index (χ1) is 6.22. The van der Waals surface area contributed by atoms with Gasteiger partial charge >= 0.3 is 0 Å². The molecule has 0 bridgehead atoms. The second kappa shape index (κ2) is 4.62. The third-order valence-corrected chi connectivity index (χ3v) is 1.71. The molecule has 1 rings (SSSR count). The van der Waals surface area contributed by atoms with Crippen LogP contribution in [0.2, 0.25) is 0 Å². The number of rotatable bonds is 3. The third kappa shape index (κ3) is 3.25. The predicted molar refractivity (Wildman–Crippen MR) is 52.1 cm³/mol. The van der Waals surface area contributed by atoms with Crippen LogP contribution in [-0.4, -0.2) is 13.0 Å². The first-order valence-electron chi connectivity index (χ1n) is 4.23. The molecule has 0 aliphatic carbocycles. The van der Waals surface area contributed by atoms with Crippen LogP contribution in [0.5, 0.6) is 0 Å². The highest BCUT2D eigenvalue weighted by Crippen LogP contribution is 2.04. The Morgan fingerprint density at radius 3 is 2.85 bits per heavy atom. The molecule has 3 heteroatoms. The van der Waals surface area contributed by atoms with Gasteiger partial charge < -0.3 is 0 Å². The molecule has 0 saturated carbocycles. The SMILES string of the molecule is CNNC(=O)Cc1cccc(C)c1. The van der Waals surface area contributed by atoms with Gasteiger partial charge in [0.05, 0.1) is 6.42 Å². The van der Waals surface area contributed by atoms with E-state index in [1.165, 1.54) is 5.56 Å². The summed E-state index contributed by atoms with van der Waals surface area (Å²) in [5.41, 5.74) is 7.34. The number of benzene rings is 1. The summed E-state index contributed by atoms with van der Waals surface area (Å²) in [4.78, 5) is 11.2. The molecular weight excluding hydrogens is 164 g/mol. The fraction of sp³-hybridized carbons (Fsp3) is 0.300. The lowest BCUT2D eigenvalue weighted by Gasteiger charge is -2.03. The fourth-order valence-corrected chi connectivity index (χ4v) is 1.19. The molecule has 70 valence electrons. The van der Waals surface area contributed by atoms with Crippen LogP contribution in [0, 0.1) is 6.92 Å². The monoisotopic (exact) mass is 178 g/mol. The van der Waals surface area contributed by atoms with Crippen LogP contribution >= 0.6 is 0 Å². The molecule has 0 fully saturated rings. The first-order valence-corrected chi connectivity index (χ1v) is 4.23. The summed E-state index contributed by atoms with van der Waals surface area (Å²) in [7, 11) is 1.67. The van der Waals surface area contributed by atoms with Gasteiger partial charge in [-0.15, -0.1) is 0 Å². The van der Waals surface area contributed by atoms with E-state index < -0.39 is 0 Å². The van der Waals surface area contributed by atoms with E-state index in [0.717, 1.165) is 5.56 Å². The molecule has 1 aromatic carbocycles. The maximum absolute atomic E-state index is 11.2. The fourth-order valence-electron chi connectivity index (χ4n) is 1.19. The first kappa shape index (κ1) is 9.74. The van der Waals surface area contributed by atoms with E-state index in [-0.39, 0.29) is 5.91 Å². The van der Waals surface area contributed by atoms with Gasteiger partial charge in [0.2, 0.25) is 5.91 Å². The summed E-state index contributed by atoms with van der Waals surface area (Å²) < 4.78 is 0. The number of amides is 1. The highest BCUT2D eigenvalue weighted by atomic mass is 16.2. The van der Waals surface area contributed by atoms with Crippen molar-refractivity contribution in [1.29, 1.82) is 0 Å². The molecule has 0 heterocycles. The van der Waals surface area contributed by atoms with Crippen LogP contribution in [0.25, 0.3) is 0 Å². The quantitative estimate of drug-likeness (QED) is 0.672. The Morgan fingerprint density at radius 2 is 2.23 bits per heavy atom. The van der Waals surface area contributed by atoms with Crippen LogP contribution in [0.3, 0.4) is 0 Å². The Hall–Kier alpha value is -1.35. The van der Waals surface area contributed by atoms with Crippen LogP contribution in [-0.2, 0) is 11.2 Å². The topological polar surface area (TPSA) is 41.1 Å². The van der Waals surface area contributed by atoms with Gasteiger partial charge in [0.1, 0.15) is 0 Å². The Balaban J connectivity index is 2.58. The number of aryl methyl sites for hydroxylation is 1. The van der Waals surface area contributed by atoms with E-state index in [4.69, 9.17) is 0 Å². The number of carbonyl (C=O) groups is 1. The number of hydrogen-bond acceptors (Lipinski definition) is 2. The van der Waals surface area contributed by atoms with Crippen molar-refractivity contribution in [2.75, 3.05) is 7.05 Å². The van der Waals surface area contributed by atoms with Gasteiger partial charge in [-0.3, -0.25) is 10.2 Å². The second-order valence-electron chi connectivity index (χ2n) is 2.96. The lowest BCUT2D eigenvalue weighted by molar-refractivity contribution is -0.121. The lowest BCUT2D eigenvalue weighted by Crippen LogP contribution is -2.35. The van der Waals surface area contributed by atoms with Crippen LogP contribution in [0.1, 0.15) is 11.1 Å². The summed E-state index contributed by atoms with van der Waals surface area (Å²) in [5, 5.41) is 0. The zero-order valence-corrected chi connectivity index (χ0v) is 7.92. The van der Waals surface area contributed by atoms with Crippen LogP contribution in [0.4, 0.5) is 0 Å². The average Bonchev–Trinajstić information content (AvgIpc) is 2.04. The molecule has 0 aliphatic heterocycles. The predicted octanol–water partition coefficient (Wildman–Crippen LogP) is 0.788. The third-order valence-electron chi connectivity index (χ3n) is 1.71. The molecule has 0 unspecified atom stereocenters. The van der Waals surface area contributed by atoms with Crippen molar-refractivity contribution < 1.29 is 4.79 Å². The minimum atomic E-state index is -0.0203. The van der Waals surface area contributed by atoms with Crippen molar-refractivity contribution in [3.63, 3.8) is 0 Å². The zero-order chi connectivity index (χ0) is 9.68. The van der Waals surface area contributed by atoms with Gasteiger partial charge in [-0.1, -0.05) is 29.8 Å². The van der Waals surface area contributed by atoms with Crippen molar-refractivity contribution in [2.45, 2.75) is 13.3 Å². The molecule has 0 aliphatic rings. The minimum absolute atomic E-state index is 0.0203. The summed E-state index contributed by atoms with van der Waals surface area (Å²) in [5.74, 6) is -0.0203. The van der Waals surface area contributed by atoms with E-state index in [2.05, 4.69) is 10.9 Å². The van der Waals surface area contributed by atoms with Gasteiger partial charge in [0.15, 0.2) is 0 Å². The molecule has 1 amide bonds. The molecular formula is C10H14N2O. The molecule has 0 aromatic heterocycles. The maximum atomic E-state index is 11.2. The van der Waals surface area contributed by atoms with Gasteiger partial charge in [-0.25, -0.2) is 5.43 Å². The standard InChI is InChI=1S/C10H14N2O/c1-8-4-3-5-9(6-8)7-10(13)12-11-2/h3-6,11H,7H2,1-2H3,(H,12,13). The Bertz CT molecular complexity index is 297. The van der Waals surface area contributed by atoms with Crippen molar-refractivity contribution in [3.05, 3.63) is 35.4 Å². The smallest absolute Gasteiger partial charge is 0.238 e. The van der Waals surface area contributed by atoms with Gasteiger partial charge in [0, 0.05) is 7.05 Å². The molecule has 2 N–H and O–H groups in total. The molecule has 0 radical (unpaired) electrons. The number of nitrogens with one attached hydrogen (secondary N) is 2. The Morgan fingerprint density at radius 1 is 1.46 bits per heavy atom. The van der Waals surface area contributed by atoms with Crippen LogP contribution < -0.4 is 10.9 Å². The van der Waals surface area contributed by atoms with Gasteiger partial charge in [-0.05, 0) is 12.5 Å². The molecule has 0 atom stereocenters. The molecule has 0 saturated heterocycles. The van der Waals surface area contributed by atoms with E-state index in [1.807, 2.05) is 31.2 Å². The summed E-state index contributed by atoms with van der Waals surface area (Å²) in [6, 6.07) is 7.92. The van der Waals surface area contributed by atoms with E-state index >= 15 is 0 Å². The van der Waals surface area contributed by atoms with Crippen molar-refractivity contribution >= 4 is 5.91 Å². The summed E-state index contributed by atoms with van der Waals surface area (Å²) in [6.07, 6.45) is 0.419. The number of carbonyl (C=O) groups excluding carboxylic acids is 1. The van der Waals surface area contributed by atoms with E-state index in [1.54, 1.807) is 7.05 Å². The van der Waals surface area contributed by atoms with Crippen molar-refractivity contribution in [3.8, 4) is 0 Å². The zero-order valence-electron chi connectivity index (χ0n) is 7.92. The van der Waals surface area contributed by atoms with E-state index in [0.29, 0.717) is 6.42 Å². The lowest BCUT2D eigenvalue weighted by atomic mass is 10.1. The Kier molecular flexibility index (Phi) is 3.46. The molecule has 1 aromatic rings. The molecule has 3 nitrogen and oxygen atoms in total. The van der Waals surface area contributed by atoms with Gasteiger partial charge in [-0.2, -0.15) is 0 Å². The highest BCUT2D eigenvalue weighted by molar-refractivity contribution is 5.78. The maximum Gasteiger partial charge on any atom is 0.238 e. The van der Waals surface area contributed by atoms with E-state index in [9.17, 15) is 4.79 Å². The summed E-state index contributed by atoms with van der Waals surface area (Å²) in [6.45, 7) is 2.01. The number of hydrazine groups is 1. The van der Waals surface area contributed by atoms with Crippen molar-refractivity contribution in [2.24, 2.45) is 0 Å². The molecule has 0 spiro atoms. The largest absolute Gasteiger partial charge is 0.292 e. The van der Waals surface area contributed by atoms with Crippen molar-refractivity contribution in [1.82, 2.24) is 10.9 Å². The molecule has 13 heavy (non-hydrogen) atoms. The Labute approximate surface area is 78.1 Å². The minimum Gasteiger partial charge on any atom is -0.292 e. The highest BCUT2D eigenvalue weighted by Gasteiger charge is 2.00. The second-order valence-corrected chi connectivity index (χ2v) is 2.96. The number of hydrogen-bond donors (Lipinski definition) is 2. The average molecular weight is 178 g/mol. The van der Waals surface area contributed by atoms with Gasteiger partial charge in [0.25, 0.3) is 0 Å². The summed E-state index contributed by atoms with van der Waals surface area (Å²) >= 11 is 0. The van der Waals surface area contributed by atoms with Crippen LogP contribution in [0.15, 0.2) is 24.3 Å².